The van der Waals surface area contributed by atoms with Crippen LogP contribution >= 0.6 is 23.2 Å². The molecule has 4 heterocycles. The average molecular weight is 1290 g/mol. The molecule has 26 nitrogen and oxygen atoms in total. The molecular formula is C61H83Cl2N9O17. The van der Waals surface area contributed by atoms with E-state index in [4.69, 9.17) is 70.9 Å². The van der Waals surface area contributed by atoms with Crippen LogP contribution in [0.5, 0.6) is 11.5 Å². The number of fused-ring (bicyclic) bond motifs is 3. The Labute approximate surface area is 528 Å². The highest BCUT2D eigenvalue weighted by atomic mass is 35.5. The van der Waals surface area contributed by atoms with Gasteiger partial charge in [-0.25, -0.2) is 4.68 Å². The topological polar surface area (TPSA) is 284 Å². The van der Waals surface area contributed by atoms with Crippen molar-refractivity contribution in [2.75, 3.05) is 197 Å². The Hall–Kier alpha value is -6.37. The van der Waals surface area contributed by atoms with Crippen LogP contribution in [0.2, 0.25) is 10.0 Å². The number of hydrogen-bond acceptors (Lipinski definition) is 20. The number of amides is 3. The predicted molar refractivity (Wildman–Crippen MR) is 330 cm³/mol. The van der Waals surface area contributed by atoms with Gasteiger partial charge in [0.25, 0.3) is 5.91 Å². The zero-order valence-electron chi connectivity index (χ0n) is 50.9. The second-order valence-corrected chi connectivity index (χ2v) is 22.7. The van der Waals surface area contributed by atoms with E-state index in [9.17, 15) is 39.0 Å². The van der Waals surface area contributed by atoms with Crippen LogP contribution in [-0.4, -0.2) is 277 Å². The Bertz CT molecular complexity index is 2950. The van der Waals surface area contributed by atoms with Crippen LogP contribution in [0.4, 0.5) is 5.69 Å². The minimum Gasteiger partial charge on any atom is -0.496 e. The van der Waals surface area contributed by atoms with E-state index < -0.39 is 17.5 Å². The molecule has 0 radical (unpaired) electrons. The molecule has 7 rings (SSSR count). The molecule has 0 aliphatic carbocycles. The molecule has 4 N–H and O–H groups in total. The Morgan fingerprint density at radius 2 is 1.21 bits per heavy atom. The molecule has 3 amide bonds. The van der Waals surface area contributed by atoms with Gasteiger partial charge >= 0.3 is 11.9 Å². The van der Waals surface area contributed by atoms with Crippen LogP contribution < -0.4 is 20.1 Å². The second kappa shape index (κ2) is 36.5. The van der Waals surface area contributed by atoms with Crippen LogP contribution in [0, 0.1) is 0 Å². The number of ether oxygens (including phenoxy) is 9. The van der Waals surface area contributed by atoms with Crippen molar-refractivity contribution in [3.63, 3.8) is 0 Å². The molecule has 2 saturated heterocycles. The summed E-state index contributed by atoms with van der Waals surface area (Å²) in [7, 11) is 1.58. The van der Waals surface area contributed by atoms with Crippen molar-refractivity contribution in [3.05, 3.63) is 75.9 Å². The summed E-state index contributed by atoms with van der Waals surface area (Å²) in [6, 6.07) is 16.3. The van der Waals surface area contributed by atoms with Gasteiger partial charge in [-0.1, -0.05) is 35.3 Å². The Balaban J connectivity index is 0.731. The Morgan fingerprint density at radius 1 is 0.663 bits per heavy atom. The number of aliphatic carboxylic acids is 2. The molecule has 3 aliphatic heterocycles. The predicted octanol–water partition coefficient (Wildman–Crippen LogP) is 3.80. The number of carboxylic acids is 2. The van der Waals surface area contributed by atoms with Gasteiger partial charge in [0.1, 0.15) is 24.4 Å². The molecule has 28 heteroatoms. The van der Waals surface area contributed by atoms with Crippen molar-refractivity contribution in [3.8, 4) is 39.6 Å². The molecule has 1 aromatic heterocycles. The van der Waals surface area contributed by atoms with E-state index in [1.54, 1.807) is 50.8 Å². The lowest BCUT2D eigenvalue weighted by atomic mass is 9.95. The van der Waals surface area contributed by atoms with Gasteiger partial charge in [0.15, 0.2) is 5.69 Å². The van der Waals surface area contributed by atoms with Gasteiger partial charge in [0.2, 0.25) is 11.8 Å². The number of carbonyl (C=O) groups excluding carboxylic acids is 4. The van der Waals surface area contributed by atoms with Crippen molar-refractivity contribution in [1.82, 2.24) is 39.6 Å². The molecular weight excluding hydrogens is 1200 g/mol. The lowest BCUT2D eigenvalue weighted by Gasteiger charge is -2.41. The van der Waals surface area contributed by atoms with Crippen molar-refractivity contribution in [2.24, 2.45) is 0 Å². The number of nitrogens with one attached hydrogen (secondary N) is 2. The molecule has 0 atom stereocenters. The summed E-state index contributed by atoms with van der Waals surface area (Å²) in [6.07, 6.45) is 0.915. The fourth-order valence-corrected chi connectivity index (χ4v) is 10.8. The van der Waals surface area contributed by atoms with E-state index in [-0.39, 0.29) is 82.4 Å². The molecule has 89 heavy (non-hydrogen) atoms. The van der Waals surface area contributed by atoms with Gasteiger partial charge in [0.05, 0.1) is 149 Å². The maximum atomic E-state index is 14.4. The standard InChI is InChI=1S/C61H83Cl2N9O17/c1-61(2)43-88-22-18-71(61)60(80)58-51-42-89-53-38-52(81-3)49(37-50(53)59(51)72(66-58)48-35-45(62)34-46(63)36-48)44-5-4-6-47(33-44)65-54(74)7-20-82-23-25-84-27-29-86-31-32-87-30-28-85-26-24-83-21-8-64-55(75)39-68-11-9-67(17-19-73)10-12-69(40-56(76)77)15-16-70(14-13-68)41-57(78)79/h4-6,19,33-38H,7-18,20-32,39-43H2,1-3H3,(H,64,75)(H,65,74)(H,76,77)(H,78,79). The van der Waals surface area contributed by atoms with E-state index in [0.29, 0.717) is 193 Å². The molecule has 488 valence electrons. The number of benzene rings is 3. The van der Waals surface area contributed by atoms with E-state index >= 15 is 0 Å². The summed E-state index contributed by atoms with van der Waals surface area (Å²) in [5.41, 5.74) is 4.20. The highest BCUT2D eigenvalue weighted by molar-refractivity contribution is 6.34. The van der Waals surface area contributed by atoms with Crippen molar-refractivity contribution < 1.29 is 81.6 Å². The monoisotopic (exact) mass is 1280 g/mol. The van der Waals surface area contributed by atoms with Crippen molar-refractivity contribution >= 4 is 64.8 Å². The first kappa shape index (κ1) is 70.1. The van der Waals surface area contributed by atoms with Gasteiger partial charge in [-0.3, -0.25) is 43.6 Å². The summed E-state index contributed by atoms with van der Waals surface area (Å²) < 4.78 is 53.2. The highest BCUT2D eigenvalue weighted by Crippen LogP contribution is 2.47. The largest absolute Gasteiger partial charge is 0.496 e. The van der Waals surface area contributed by atoms with E-state index in [0.717, 1.165) is 11.8 Å². The Kier molecular flexibility index (Phi) is 28.7. The van der Waals surface area contributed by atoms with Crippen LogP contribution in [-0.2, 0) is 63.7 Å². The maximum absolute atomic E-state index is 14.4. The quantitative estimate of drug-likeness (QED) is 0.0382. The lowest BCUT2D eigenvalue weighted by molar-refractivity contribution is -0.140. The second-order valence-electron chi connectivity index (χ2n) is 21.9. The minimum absolute atomic E-state index is 0.0753. The van der Waals surface area contributed by atoms with Gasteiger partial charge in [-0.2, -0.15) is 5.10 Å². The highest BCUT2D eigenvalue weighted by Gasteiger charge is 2.39. The third-order valence-electron chi connectivity index (χ3n) is 14.8. The first-order valence-corrected chi connectivity index (χ1v) is 30.5. The van der Waals surface area contributed by atoms with Crippen molar-refractivity contribution in [1.29, 1.82) is 0 Å². The van der Waals surface area contributed by atoms with Gasteiger partial charge in [-0.15, -0.1) is 0 Å². The maximum Gasteiger partial charge on any atom is 0.317 e. The number of carbonyl (C=O) groups is 6. The fourth-order valence-electron chi connectivity index (χ4n) is 10.3. The summed E-state index contributed by atoms with van der Waals surface area (Å²) in [6.45, 7) is 12.6. The van der Waals surface area contributed by atoms with Gasteiger partial charge in [-0.05, 0) is 55.8 Å². The first-order valence-electron chi connectivity index (χ1n) is 29.7. The zero-order chi connectivity index (χ0) is 63.5. The summed E-state index contributed by atoms with van der Waals surface area (Å²) >= 11 is 13.0. The number of aromatic nitrogens is 2. The summed E-state index contributed by atoms with van der Waals surface area (Å²) in [5, 5.41) is 30.4. The number of morpholine rings is 1. The molecule has 0 bridgehead atoms. The van der Waals surface area contributed by atoms with Crippen LogP contribution in [0.1, 0.15) is 36.3 Å². The van der Waals surface area contributed by atoms with Crippen LogP contribution in [0.15, 0.2) is 54.6 Å². The molecule has 0 spiro atoms. The number of aldehydes is 1. The molecule has 0 saturated carbocycles. The number of anilines is 1. The number of halogens is 2. The Morgan fingerprint density at radius 3 is 1.76 bits per heavy atom. The fraction of sp³-hybridized carbons (Fsp3) is 0.557. The molecule has 3 aromatic carbocycles. The summed E-state index contributed by atoms with van der Waals surface area (Å²) in [4.78, 5) is 83.8. The van der Waals surface area contributed by atoms with Gasteiger partial charge < -0.3 is 73.2 Å². The van der Waals surface area contributed by atoms with Gasteiger partial charge in [0, 0.05) is 104 Å². The smallest absolute Gasteiger partial charge is 0.317 e. The van der Waals surface area contributed by atoms with Crippen LogP contribution in [0.25, 0.3) is 28.1 Å². The third-order valence-corrected chi connectivity index (χ3v) is 15.2. The van der Waals surface area contributed by atoms with E-state index in [1.165, 1.54) is 0 Å². The number of nitrogens with zero attached hydrogens (tertiary/aromatic N) is 7. The molecule has 2 fully saturated rings. The summed E-state index contributed by atoms with van der Waals surface area (Å²) in [5.74, 6) is -1.61. The van der Waals surface area contributed by atoms with E-state index in [2.05, 4.69) is 10.6 Å². The first-order chi connectivity index (χ1) is 43.0. The normalized spacial score (nSPS) is 16.1. The lowest BCUT2D eigenvalue weighted by Crippen LogP contribution is -2.55. The van der Waals surface area contributed by atoms with Crippen molar-refractivity contribution in [2.45, 2.75) is 32.4 Å². The molecule has 4 aromatic rings. The van der Waals surface area contributed by atoms with E-state index in [1.807, 2.05) is 54.0 Å². The SMILES string of the molecule is COc1cc2c(cc1-c1cccc(NC(=O)CCOCCOCCOCCOCCOCCOCCNC(=O)CN3CCN(CC=O)CCN(CC(=O)O)CCN(CC(=O)O)CC3)c1)-c1c(c(C(=O)N3CCOCC3(C)C)nn1-c1cc(Cl)cc(Cl)c1)CO2. The minimum atomic E-state index is -0.995. The zero-order valence-corrected chi connectivity index (χ0v) is 52.4. The third kappa shape index (κ3) is 22.5. The average Bonchev–Trinajstić information content (AvgIpc) is 1.66. The molecule has 3 aliphatic rings. The molecule has 0 unspecified atom stereocenters. The number of carboxylic acid groups (broad SMARTS) is 2. The number of hydrogen-bond donors (Lipinski definition) is 4. The number of rotatable bonds is 34. The number of methoxy groups -OCH3 is 1. The van der Waals surface area contributed by atoms with Crippen LogP contribution in [0.3, 0.4) is 0 Å².